The van der Waals surface area contributed by atoms with E-state index in [0.29, 0.717) is 4.83 Å². The molecule has 90 valence electrons. The van der Waals surface area contributed by atoms with E-state index in [1.807, 2.05) is 17.9 Å². The molecule has 4 heteroatoms. The van der Waals surface area contributed by atoms with Gasteiger partial charge in [-0.05, 0) is 37.9 Å². The predicted molar refractivity (Wildman–Crippen MR) is 69.6 cm³/mol. The van der Waals surface area contributed by atoms with Gasteiger partial charge in [-0.2, -0.15) is 5.10 Å². The van der Waals surface area contributed by atoms with Gasteiger partial charge in [0.2, 0.25) is 0 Å². The summed E-state index contributed by atoms with van der Waals surface area (Å²) in [5.41, 5.74) is 1.19. The van der Waals surface area contributed by atoms with Crippen LogP contribution in [0.4, 0.5) is 0 Å². The average molecular weight is 286 g/mol. The number of hydrogen-bond donors (Lipinski definition) is 0. The highest BCUT2D eigenvalue weighted by atomic mass is 79.9. The SMILES string of the molecule is CC(Br)C1CCN(Cc2ccn(C)n2)CC1. The summed E-state index contributed by atoms with van der Waals surface area (Å²) in [6.45, 7) is 5.68. The summed E-state index contributed by atoms with van der Waals surface area (Å²) in [6.07, 6.45) is 4.63. The third-order valence-corrected chi connectivity index (χ3v) is 4.18. The Hall–Kier alpha value is -0.350. The van der Waals surface area contributed by atoms with Crippen molar-refractivity contribution in [3.63, 3.8) is 0 Å². The van der Waals surface area contributed by atoms with Crippen LogP contribution in [0.1, 0.15) is 25.5 Å². The van der Waals surface area contributed by atoms with Gasteiger partial charge in [-0.15, -0.1) is 0 Å². The van der Waals surface area contributed by atoms with Crippen LogP contribution in [0.3, 0.4) is 0 Å². The predicted octanol–water partition coefficient (Wildman–Crippen LogP) is 2.42. The molecule has 0 radical (unpaired) electrons. The second-order valence-corrected chi connectivity index (χ2v) is 6.22. The monoisotopic (exact) mass is 285 g/mol. The highest BCUT2D eigenvalue weighted by molar-refractivity contribution is 9.09. The Kier molecular flexibility index (Phi) is 4.03. The van der Waals surface area contributed by atoms with E-state index in [4.69, 9.17) is 0 Å². The summed E-state index contributed by atoms with van der Waals surface area (Å²) in [5.74, 6) is 0.847. The number of likely N-dealkylation sites (tertiary alicyclic amines) is 1. The third-order valence-electron chi connectivity index (χ3n) is 3.44. The first kappa shape index (κ1) is 12.1. The molecule has 3 nitrogen and oxygen atoms in total. The van der Waals surface area contributed by atoms with Crippen LogP contribution in [-0.4, -0.2) is 32.6 Å². The van der Waals surface area contributed by atoms with Gasteiger partial charge in [0.1, 0.15) is 0 Å². The first-order chi connectivity index (χ1) is 7.65. The molecule has 0 aromatic carbocycles. The topological polar surface area (TPSA) is 21.1 Å². The molecule has 0 saturated carbocycles. The summed E-state index contributed by atoms with van der Waals surface area (Å²) >= 11 is 3.69. The average Bonchev–Trinajstić information content (AvgIpc) is 2.65. The van der Waals surface area contributed by atoms with Gasteiger partial charge >= 0.3 is 0 Å². The molecular formula is C12H20BrN3. The highest BCUT2D eigenvalue weighted by Crippen LogP contribution is 2.25. The molecule has 1 aliphatic heterocycles. The van der Waals surface area contributed by atoms with Crippen molar-refractivity contribution in [3.8, 4) is 0 Å². The lowest BCUT2D eigenvalue weighted by molar-refractivity contribution is 0.176. The van der Waals surface area contributed by atoms with Gasteiger partial charge in [0.05, 0.1) is 5.69 Å². The lowest BCUT2D eigenvalue weighted by Gasteiger charge is -2.32. The lowest BCUT2D eigenvalue weighted by atomic mass is 9.94. The van der Waals surface area contributed by atoms with Crippen LogP contribution in [0.15, 0.2) is 12.3 Å². The number of rotatable bonds is 3. The Morgan fingerprint density at radius 2 is 2.19 bits per heavy atom. The molecule has 1 atom stereocenters. The largest absolute Gasteiger partial charge is 0.297 e. The Morgan fingerprint density at radius 1 is 1.50 bits per heavy atom. The normalized spacial score (nSPS) is 21.2. The molecule has 2 rings (SSSR count). The van der Waals surface area contributed by atoms with E-state index in [2.05, 4.69) is 38.9 Å². The van der Waals surface area contributed by atoms with E-state index in [-0.39, 0.29) is 0 Å². The van der Waals surface area contributed by atoms with Crippen LogP contribution in [0.5, 0.6) is 0 Å². The van der Waals surface area contributed by atoms with E-state index in [1.165, 1.54) is 31.6 Å². The van der Waals surface area contributed by atoms with Crippen molar-refractivity contribution < 1.29 is 0 Å². The summed E-state index contributed by atoms with van der Waals surface area (Å²) in [6, 6.07) is 2.11. The van der Waals surface area contributed by atoms with Gasteiger partial charge in [-0.1, -0.05) is 22.9 Å². The van der Waals surface area contributed by atoms with E-state index in [1.54, 1.807) is 0 Å². The van der Waals surface area contributed by atoms with Crippen LogP contribution in [0.25, 0.3) is 0 Å². The Labute approximate surface area is 106 Å². The van der Waals surface area contributed by atoms with Crippen molar-refractivity contribution in [2.75, 3.05) is 13.1 Å². The molecule has 0 spiro atoms. The van der Waals surface area contributed by atoms with E-state index >= 15 is 0 Å². The molecule has 1 fully saturated rings. The lowest BCUT2D eigenvalue weighted by Crippen LogP contribution is -2.35. The van der Waals surface area contributed by atoms with E-state index < -0.39 is 0 Å². The van der Waals surface area contributed by atoms with Crippen molar-refractivity contribution in [1.82, 2.24) is 14.7 Å². The van der Waals surface area contributed by atoms with E-state index in [9.17, 15) is 0 Å². The van der Waals surface area contributed by atoms with Gasteiger partial charge in [0, 0.05) is 24.6 Å². The zero-order valence-electron chi connectivity index (χ0n) is 10.1. The summed E-state index contributed by atoms with van der Waals surface area (Å²) in [7, 11) is 1.97. The number of aromatic nitrogens is 2. The smallest absolute Gasteiger partial charge is 0.0764 e. The number of nitrogens with zero attached hydrogens (tertiary/aromatic N) is 3. The first-order valence-electron chi connectivity index (χ1n) is 6.00. The van der Waals surface area contributed by atoms with Gasteiger partial charge < -0.3 is 0 Å². The summed E-state index contributed by atoms with van der Waals surface area (Å²) < 4.78 is 1.88. The molecule has 1 aromatic heterocycles. The molecule has 1 unspecified atom stereocenters. The molecule has 0 N–H and O–H groups in total. The third kappa shape index (κ3) is 3.08. The van der Waals surface area contributed by atoms with Crippen LogP contribution in [0, 0.1) is 5.92 Å². The van der Waals surface area contributed by atoms with Crippen LogP contribution < -0.4 is 0 Å². The van der Waals surface area contributed by atoms with Gasteiger partial charge in [-0.3, -0.25) is 9.58 Å². The van der Waals surface area contributed by atoms with E-state index in [0.717, 1.165) is 12.5 Å². The molecule has 1 aromatic rings. The maximum Gasteiger partial charge on any atom is 0.0764 e. The standard InChI is InChI=1S/C12H20BrN3/c1-10(13)11-3-7-16(8-4-11)9-12-5-6-15(2)14-12/h5-6,10-11H,3-4,7-9H2,1-2H3. The van der Waals surface area contributed by atoms with Crippen LogP contribution in [-0.2, 0) is 13.6 Å². The maximum absolute atomic E-state index is 4.42. The van der Waals surface area contributed by atoms with Gasteiger partial charge in [-0.25, -0.2) is 0 Å². The Balaban J connectivity index is 1.81. The Morgan fingerprint density at radius 3 is 2.69 bits per heavy atom. The molecule has 16 heavy (non-hydrogen) atoms. The zero-order chi connectivity index (χ0) is 11.5. The number of alkyl halides is 1. The minimum atomic E-state index is 0.657. The molecule has 0 bridgehead atoms. The van der Waals surface area contributed by atoms with Crippen molar-refractivity contribution in [2.24, 2.45) is 13.0 Å². The number of piperidine rings is 1. The number of hydrogen-bond acceptors (Lipinski definition) is 2. The Bertz CT molecular complexity index is 327. The quantitative estimate of drug-likeness (QED) is 0.796. The van der Waals surface area contributed by atoms with Gasteiger partial charge in [0.25, 0.3) is 0 Å². The molecule has 1 aliphatic rings. The number of aryl methyl sites for hydroxylation is 1. The summed E-state index contributed by atoms with van der Waals surface area (Å²) in [4.78, 5) is 3.17. The van der Waals surface area contributed by atoms with Crippen molar-refractivity contribution in [2.45, 2.75) is 31.1 Å². The molecule has 1 saturated heterocycles. The first-order valence-corrected chi connectivity index (χ1v) is 6.91. The van der Waals surface area contributed by atoms with Crippen molar-refractivity contribution in [3.05, 3.63) is 18.0 Å². The second-order valence-electron chi connectivity index (χ2n) is 4.77. The fourth-order valence-corrected chi connectivity index (χ4v) is 2.88. The molecule has 0 aliphatic carbocycles. The van der Waals surface area contributed by atoms with Crippen LogP contribution >= 0.6 is 15.9 Å². The minimum absolute atomic E-state index is 0.657. The van der Waals surface area contributed by atoms with Crippen molar-refractivity contribution >= 4 is 15.9 Å². The molecular weight excluding hydrogens is 266 g/mol. The fraction of sp³-hybridized carbons (Fsp3) is 0.750. The minimum Gasteiger partial charge on any atom is -0.297 e. The van der Waals surface area contributed by atoms with Crippen LogP contribution in [0.2, 0.25) is 0 Å². The summed E-state index contributed by atoms with van der Waals surface area (Å²) in [5, 5.41) is 4.42. The van der Waals surface area contributed by atoms with Gasteiger partial charge in [0.15, 0.2) is 0 Å². The molecule has 0 amide bonds. The zero-order valence-corrected chi connectivity index (χ0v) is 11.7. The fourth-order valence-electron chi connectivity index (χ4n) is 2.35. The second kappa shape index (κ2) is 5.32. The number of halogens is 1. The molecule has 2 heterocycles. The van der Waals surface area contributed by atoms with Crippen molar-refractivity contribution in [1.29, 1.82) is 0 Å². The maximum atomic E-state index is 4.42. The highest BCUT2D eigenvalue weighted by Gasteiger charge is 2.22.